The molecule has 2 N–H and O–H groups in total. The summed E-state index contributed by atoms with van der Waals surface area (Å²) in [5.41, 5.74) is 7.74. The third-order valence-electron chi connectivity index (χ3n) is 2.95. The van der Waals surface area contributed by atoms with Gasteiger partial charge in [0.15, 0.2) is 0 Å². The Kier molecular flexibility index (Phi) is 1.99. The van der Waals surface area contributed by atoms with Crippen LogP contribution in [0.2, 0.25) is 0 Å². The van der Waals surface area contributed by atoms with Gasteiger partial charge in [0.05, 0.1) is 0 Å². The number of nitrogens with zero attached hydrogens (tertiary/aromatic N) is 1. The van der Waals surface area contributed by atoms with Crippen molar-refractivity contribution in [3.63, 3.8) is 0 Å². The zero-order valence-corrected chi connectivity index (χ0v) is 8.57. The smallest absolute Gasteiger partial charge is 0.147 e. The number of aromatic nitrogens is 1. The van der Waals surface area contributed by atoms with Crippen LogP contribution in [0.25, 0.3) is 10.9 Å². The van der Waals surface area contributed by atoms with Crippen molar-refractivity contribution < 1.29 is 4.52 Å². The Morgan fingerprint density at radius 2 is 2.27 bits per heavy atom. The molecule has 1 saturated carbocycles. The fourth-order valence-corrected chi connectivity index (χ4v) is 1.97. The third-order valence-corrected chi connectivity index (χ3v) is 2.95. The van der Waals surface area contributed by atoms with E-state index in [1.807, 2.05) is 0 Å². The monoisotopic (exact) mass is 202 g/mol. The van der Waals surface area contributed by atoms with E-state index < -0.39 is 0 Å². The molecule has 0 bridgehead atoms. The quantitative estimate of drug-likeness (QED) is 0.830. The molecule has 0 spiro atoms. The van der Waals surface area contributed by atoms with Crippen LogP contribution >= 0.6 is 0 Å². The van der Waals surface area contributed by atoms with Gasteiger partial charge in [-0.3, -0.25) is 0 Å². The molecule has 1 heterocycles. The maximum atomic E-state index is 5.52. The summed E-state index contributed by atoms with van der Waals surface area (Å²) in [5.74, 6) is 1.69. The highest BCUT2D eigenvalue weighted by Crippen LogP contribution is 2.43. The summed E-state index contributed by atoms with van der Waals surface area (Å²) in [6.07, 6.45) is 3.39. The first-order chi connectivity index (χ1) is 7.38. The molecular formula is C12H14N2O. The van der Waals surface area contributed by atoms with Gasteiger partial charge >= 0.3 is 0 Å². The van der Waals surface area contributed by atoms with E-state index in [1.54, 1.807) is 0 Å². The summed E-state index contributed by atoms with van der Waals surface area (Å²) in [6.45, 7) is 0.679. The summed E-state index contributed by atoms with van der Waals surface area (Å²) in [7, 11) is 0. The van der Waals surface area contributed by atoms with Crippen LogP contribution in [0.3, 0.4) is 0 Å². The molecule has 3 rings (SSSR count). The number of rotatable bonds is 3. The predicted molar refractivity (Wildman–Crippen MR) is 58.7 cm³/mol. The topological polar surface area (TPSA) is 52.0 Å². The van der Waals surface area contributed by atoms with Gasteiger partial charge in [0.25, 0.3) is 0 Å². The molecule has 2 aromatic rings. The van der Waals surface area contributed by atoms with Gasteiger partial charge in [-0.2, -0.15) is 0 Å². The van der Waals surface area contributed by atoms with E-state index in [0.717, 1.165) is 17.7 Å². The maximum absolute atomic E-state index is 5.52. The minimum Gasteiger partial charge on any atom is -0.360 e. The lowest BCUT2D eigenvalue weighted by atomic mass is 10.1. The first-order valence-corrected chi connectivity index (χ1v) is 5.47. The molecule has 3 heteroatoms. The molecule has 1 aliphatic carbocycles. The van der Waals surface area contributed by atoms with Crippen molar-refractivity contribution in [2.75, 3.05) is 6.54 Å². The Bertz CT molecular complexity index is 485. The molecule has 1 aliphatic rings. The second-order valence-corrected chi connectivity index (χ2v) is 4.21. The third kappa shape index (κ3) is 1.53. The normalized spacial score (nSPS) is 16.1. The van der Waals surface area contributed by atoms with Crippen LogP contribution in [-0.4, -0.2) is 11.7 Å². The van der Waals surface area contributed by atoms with Gasteiger partial charge in [0.2, 0.25) is 0 Å². The summed E-state index contributed by atoms with van der Waals surface area (Å²) < 4.78 is 5.39. The zero-order valence-electron chi connectivity index (χ0n) is 8.57. The molecule has 15 heavy (non-hydrogen) atoms. The predicted octanol–water partition coefficient (Wildman–Crippen LogP) is 2.21. The molecule has 0 aliphatic heterocycles. The number of fused-ring (bicyclic) bond motifs is 1. The number of hydrogen-bond acceptors (Lipinski definition) is 3. The standard InChI is InChI=1S/C12H14N2O/c13-6-5-8-1-4-10-11(7-8)14-15-12(10)9-2-3-9/h1,4,7,9H,2-3,5-6,13H2. The molecule has 0 unspecified atom stereocenters. The Morgan fingerprint density at radius 1 is 1.40 bits per heavy atom. The fourth-order valence-electron chi connectivity index (χ4n) is 1.97. The molecule has 3 nitrogen and oxygen atoms in total. The van der Waals surface area contributed by atoms with Crippen molar-refractivity contribution in [3.05, 3.63) is 29.5 Å². The van der Waals surface area contributed by atoms with E-state index in [0.29, 0.717) is 12.5 Å². The Morgan fingerprint density at radius 3 is 3.00 bits per heavy atom. The second kappa shape index (κ2) is 3.35. The second-order valence-electron chi connectivity index (χ2n) is 4.21. The molecule has 1 aromatic carbocycles. The Labute approximate surface area is 88.2 Å². The fraction of sp³-hybridized carbons (Fsp3) is 0.417. The molecule has 78 valence electrons. The summed E-state index contributed by atoms with van der Waals surface area (Å²) in [6, 6.07) is 6.32. The highest BCUT2D eigenvalue weighted by Gasteiger charge is 2.29. The lowest BCUT2D eigenvalue weighted by molar-refractivity contribution is 0.392. The van der Waals surface area contributed by atoms with Crippen molar-refractivity contribution in [3.8, 4) is 0 Å². The van der Waals surface area contributed by atoms with Crippen LogP contribution < -0.4 is 5.73 Å². The van der Waals surface area contributed by atoms with E-state index in [-0.39, 0.29) is 0 Å². The highest BCUT2D eigenvalue weighted by atomic mass is 16.5. The minimum absolute atomic E-state index is 0.621. The number of nitrogens with two attached hydrogens (primary N) is 1. The van der Waals surface area contributed by atoms with E-state index in [2.05, 4.69) is 23.4 Å². The van der Waals surface area contributed by atoms with Gasteiger partial charge in [-0.25, -0.2) is 0 Å². The average Bonchev–Trinajstić information content (AvgIpc) is 3.00. The minimum atomic E-state index is 0.621. The van der Waals surface area contributed by atoms with E-state index in [4.69, 9.17) is 10.3 Å². The zero-order chi connectivity index (χ0) is 10.3. The molecule has 1 fully saturated rings. The van der Waals surface area contributed by atoms with Crippen molar-refractivity contribution in [1.82, 2.24) is 5.16 Å². The Balaban J connectivity index is 2.05. The Hall–Kier alpha value is -1.35. The van der Waals surface area contributed by atoms with Crippen molar-refractivity contribution >= 4 is 10.9 Å². The molecule has 1 aromatic heterocycles. The van der Waals surface area contributed by atoms with Gasteiger partial charge in [0, 0.05) is 11.3 Å². The van der Waals surface area contributed by atoms with E-state index >= 15 is 0 Å². The molecular weight excluding hydrogens is 188 g/mol. The lowest BCUT2D eigenvalue weighted by Gasteiger charge is -1.97. The number of benzene rings is 1. The largest absolute Gasteiger partial charge is 0.360 e. The molecule has 0 atom stereocenters. The number of hydrogen-bond donors (Lipinski definition) is 1. The van der Waals surface area contributed by atoms with Gasteiger partial charge in [-0.05, 0) is 43.5 Å². The van der Waals surface area contributed by atoms with E-state index in [1.165, 1.54) is 23.8 Å². The lowest BCUT2D eigenvalue weighted by Crippen LogP contribution is -2.02. The first kappa shape index (κ1) is 8.92. The SMILES string of the molecule is NCCc1ccc2c(C3CC3)onc2c1. The first-order valence-electron chi connectivity index (χ1n) is 5.47. The molecule has 0 saturated heterocycles. The van der Waals surface area contributed by atoms with Crippen LogP contribution in [0.5, 0.6) is 0 Å². The van der Waals surface area contributed by atoms with Crippen molar-refractivity contribution in [1.29, 1.82) is 0 Å². The van der Waals surface area contributed by atoms with Crippen LogP contribution in [0.1, 0.15) is 30.1 Å². The maximum Gasteiger partial charge on any atom is 0.147 e. The van der Waals surface area contributed by atoms with Gasteiger partial charge < -0.3 is 10.3 Å². The van der Waals surface area contributed by atoms with Gasteiger partial charge in [-0.15, -0.1) is 0 Å². The average molecular weight is 202 g/mol. The van der Waals surface area contributed by atoms with Crippen LogP contribution in [0.15, 0.2) is 22.7 Å². The summed E-state index contributed by atoms with van der Waals surface area (Å²) in [5, 5.41) is 5.29. The molecule has 0 radical (unpaired) electrons. The van der Waals surface area contributed by atoms with Crippen LogP contribution in [-0.2, 0) is 6.42 Å². The van der Waals surface area contributed by atoms with Crippen LogP contribution in [0.4, 0.5) is 0 Å². The van der Waals surface area contributed by atoms with Gasteiger partial charge in [-0.1, -0.05) is 11.2 Å². The van der Waals surface area contributed by atoms with Crippen molar-refractivity contribution in [2.45, 2.75) is 25.2 Å². The van der Waals surface area contributed by atoms with Crippen LogP contribution in [0, 0.1) is 0 Å². The van der Waals surface area contributed by atoms with Gasteiger partial charge in [0.1, 0.15) is 11.3 Å². The van der Waals surface area contributed by atoms with E-state index in [9.17, 15) is 0 Å². The molecule has 0 amide bonds. The highest BCUT2D eigenvalue weighted by molar-refractivity contribution is 5.81. The van der Waals surface area contributed by atoms with Crippen molar-refractivity contribution in [2.24, 2.45) is 5.73 Å². The summed E-state index contributed by atoms with van der Waals surface area (Å²) in [4.78, 5) is 0. The summed E-state index contributed by atoms with van der Waals surface area (Å²) >= 11 is 0.